The molecule has 1 aliphatic rings. The first-order chi connectivity index (χ1) is 9.56. The Balaban J connectivity index is 1.96. The molecule has 0 saturated carbocycles. The van der Waals surface area contributed by atoms with E-state index in [-0.39, 0.29) is 5.91 Å². The number of anilines is 2. The summed E-state index contributed by atoms with van der Waals surface area (Å²) >= 11 is 0. The zero-order chi connectivity index (χ0) is 14.5. The average Bonchev–Trinajstić information content (AvgIpc) is 2.59. The van der Waals surface area contributed by atoms with Gasteiger partial charge in [-0.05, 0) is 50.9 Å². The molecule has 3 N–H and O–H groups in total. The summed E-state index contributed by atoms with van der Waals surface area (Å²) in [5.41, 5.74) is 8.30. The van der Waals surface area contributed by atoms with Crippen LogP contribution in [-0.4, -0.2) is 29.9 Å². The lowest BCUT2D eigenvalue weighted by Gasteiger charge is -2.26. The van der Waals surface area contributed by atoms with Crippen molar-refractivity contribution in [3.8, 4) is 0 Å². The average molecular weight is 275 g/mol. The Morgan fingerprint density at radius 3 is 3.00 bits per heavy atom. The Hall–Kier alpha value is -1.55. The van der Waals surface area contributed by atoms with Gasteiger partial charge in [-0.25, -0.2) is 0 Å². The van der Waals surface area contributed by atoms with E-state index in [1.54, 1.807) is 0 Å². The Bertz CT molecular complexity index is 473. The summed E-state index contributed by atoms with van der Waals surface area (Å²) in [5, 5.41) is 2.98. The van der Waals surface area contributed by atoms with Crippen LogP contribution in [0.25, 0.3) is 0 Å². The van der Waals surface area contributed by atoms with Crippen molar-refractivity contribution in [2.45, 2.75) is 45.6 Å². The van der Waals surface area contributed by atoms with Crippen molar-refractivity contribution in [3.05, 3.63) is 23.8 Å². The molecule has 0 aromatic heterocycles. The number of likely N-dealkylation sites (tertiary alicyclic amines) is 1. The topological polar surface area (TPSA) is 58.4 Å². The van der Waals surface area contributed by atoms with E-state index in [0.29, 0.717) is 18.3 Å². The first-order valence-corrected chi connectivity index (χ1v) is 7.46. The molecule has 110 valence electrons. The van der Waals surface area contributed by atoms with Gasteiger partial charge in [0.25, 0.3) is 0 Å². The lowest BCUT2D eigenvalue weighted by molar-refractivity contribution is -0.117. The molecule has 0 aliphatic carbocycles. The van der Waals surface area contributed by atoms with Crippen LogP contribution < -0.4 is 11.1 Å². The van der Waals surface area contributed by atoms with Gasteiger partial charge in [0.2, 0.25) is 5.91 Å². The van der Waals surface area contributed by atoms with Crippen LogP contribution in [0.1, 0.15) is 38.2 Å². The number of nitrogens with one attached hydrogen (secondary N) is 1. The van der Waals surface area contributed by atoms with Crippen molar-refractivity contribution in [1.82, 2.24) is 4.90 Å². The van der Waals surface area contributed by atoms with Gasteiger partial charge in [0.05, 0.1) is 6.54 Å². The molecule has 1 amide bonds. The third-order valence-electron chi connectivity index (χ3n) is 4.07. The number of hydrogen-bond acceptors (Lipinski definition) is 3. The largest absolute Gasteiger partial charge is 0.399 e. The minimum absolute atomic E-state index is 0.0486. The highest BCUT2D eigenvalue weighted by Gasteiger charge is 2.19. The standard InChI is InChI=1S/C16H25N3O/c1-12-7-8-14(17)10-15(12)18-16(20)11-19-9-5-3-4-6-13(19)2/h7-8,10,13H,3-6,9,11,17H2,1-2H3,(H,18,20). The van der Waals surface area contributed by atoms with Crippen molar-refractivity contribution in [2.24, 2.45) is 0 Å². The quantitative estimate of drug-likeness (QED) is 0.834. The van der Waals surface area contributed by atoms with Crippen molar-refractivity contribution in [1.29, 1.82) is 0 Å². The van der Waals surface area contributed by atoms with Crippen molar-refractivity contribution < 1.29 is 4.79 Å². The van der Waals surface area contributed by atoms with Crippen LogP contribution >= 0.6 is 0 Å². The molecule has 1 aliphatic heterocycles. The second kappa shape index (κ2) is 6.75. The van der Waals surface area contributed by atoms with E-state index < -0.39 is 0 Å². The zero-order valence-corrected chi connectivity index (χ0v) is 12.5. The molecule has 4 heteroatoms. The van der Waals surface area contributed by atoms with Gasteiger partial charge in [-0.2, -0.15) is 0 Å². The van der Waals surface area contributed by atoms with E-state index in [2.05, 4.69) is 17.1 Å². The lowest BCUT2D eigenvalue weighted by atomic mass is 10.1. The zero-order valence-electron chi connectivity index (χ0n) is 12.5. The summed E-state index contributed by atoms with van der Waals surface area (Å²) in [5.74, 6) is 0.0486. The number of rotatable bonds is 3. The number of amides is 1. The fraction of sp³-hybridized carbons (Fsp3) is 0.562. The van der Waals surface area contributed by atoms with Gasteiger partial charge >= 0.3 is 0 Å². The third kappa shape index (κ3) is 3.97. The summed E-state index contributed by atoms with van der Waals surface area (Å²) in [6.45, 7) is 5.67. The predicted molar refractivity (Wildman–Crippen MR) is 83.7 cm³/mol. The summed E-state index contributed by atoms with van der Waals surface area (Å²) in [4.78, 5) is 14.5. The van der Waals surface area contributed by atoms with Gasteiger partial charge in [0.15, 0.2) is 0 Å². The van der Waals surface area contributed by atoms with Gasteiger partial charge in [-0.1, -0.05) is 18.9 Å². The minimum Gasteiger partial charge on any atom is -0.399 e. The third-order valence-corrected chi connectivity index (χ3v) is 4.07. The number of hydrogen-bond donors (Lipinski definition) is 2. The number of nitrogens with zero attached hydrogens (tertiary/aromatic N) is 1. The monoisotopic (exact) mass is 275 g/mol. The molecule has 20 heavy (non-hydrogen) atoms. The Morgan fingerprint density at radius 2 is 2.20 bits per heavy atom. The molecule has 1 aromatic rings. The molecule has 0 radical (unpaired) electrons. The van der Waals surface area contributed by atoms with E-state index in [1.165, 1.54) is 25.7 Å². The van der Waals surface area contributed by atoms with Crippen LogP contribution in [0, 0.1) is 6.92 Å². The van der Waals surface area contributed by atoms with E-state index in [9.17, 15) is 4.79 Å². The van der Waals surface area contributed by atoms with E-state index in [1.807, 2.05) is 25.1 Å². The van der Waals surface area contributed by atoms with E-state index in [0.717, 1.165) is 17.8 Å². The highest BCUT2D eigenvalue weighted by molar-refractivity contribution is 5.93. The van der Waals surface area contributed by atoms with Crippen LogP contribution in [0.2, 0.25) is 0 Å². The van der Waals surface area contributed by atoms with Gasteiger partial charge in [-0.15, -0.1) is 0 Å². The normalized spacial score (nSPS) is 20.4. The second-order valence-electron chi connectivity index (χ2n) is 5.79. The van der Waals surface area contributed by atoms with Crippen LogP contribution in [0.5, 0.6) is 0 Å². The smallest absolute Gasteiger partial charge is 0.238 e. The number of nitrogen functional groups attached to an aromatic ring is 1. The molecule has 2 rings (SSSR count). The summed E-state index contributed by atoms with van der Waals surface area (Å²) < 4.78 is 0. The summed E-state index contributed by atoms with van der Waals surface area (Å²) in [6, 6.07) is 6.09. The van der Waals surface area contributed by atoms with Crippen LogP contribution in [0.4, 0.5) is 11.4 Å². The molecular weight excluding hydrogens is 250 g/mol. The molecule has 0 spiro atoms. The molecule has 1 fully saturated rings. The molecule has 1 aromatic carbocycles. The predicted octanol–water partition coefficient (Wildman–Crippen LogP) is 2.78. The van der Waals surface area contributed by atoms with Gasteiger partial charge in [-0.3, -0.25) is 9.69 Å². The Labute approximate surface area is 121 Å². The lowest BCUT2D eigenvalue weighted by Crippen LogP contribution is -2.39. The van der Waals surface area contributed by atoms with E-state index in [4.69, 9.17) is 5.73 Å². The Kier molecular flexibility index (Phi) is 5.01. The van der Waals surface area contributed by atoms with Crippen molar-refractivity contribution >= 4 is 17.3 Å². The number of benzene rings is 1. The van der Waals surface area contributed by atoms with Crippen LogP contribution in [0.15, 0.2) is 18.2 Å². The SMILES string of the molecule is Cc1ccc(N)cc1NC(=O)CN1CCCCCC1C. The van der Waals surface area contributed by atoms with Gasteiger partial charge < -0.3 is 11.1 Å². The van der Waals surface area contributed by atoms with E-state index >= 15 is 0 Å². The molecule has 1 unspecified atom stereocenters. The highest BCUT2D eigenvalue weighted by atomic mass is 16.2. The molecule has 1 atom stereocenters. The summed E-state index contributed by atoms with van der Waals surface area (Å²) in [6.07, 6.45) is 4.92. The maximum absolute atomic E-state index is 12.2. The Morgan fingerprint density at radius 1 is 1.40 bits per heavy atom. The van der Waals surface area contributed by atoms with Crippen molar-refractivity contribution in [2.75, 3.05) is 24.1 Å². The number of carbonyl (C=O) groups excluding carboxylic acids is 1. The molecular formula is C16H25N3O. The molecule has 4 nitrogen and oxygen atoms in total. The maximum Gasteiger partial charge on any atom is 0.238 e. The number of nitrogens with two attached hydrogens (primary N) is 1. The number of carbonyl (C=O) groups is 1. The highest BCUT2D eigenvalue weighted by Crippen LogP contribution is 2.19. The minimum atomic E-state index is 0.0486. The fourth-order valence-corrected chi connectivity index (χ4v) is 2.72. The first kappa shape index (κ1) is 14.9. The molecule has 1 saturated heterocycles. The van der Waals surface area contributed by atoms with Crippen molar-refractivity contribution in [3.63, 3.8) is 0 Å². The maximum atomic E-state index is 12.2. The fourth-order valence-electron chi connectivity index (χ4n) is 2.72. The van der Waals surface area contributed by atoms with Crippen LogP contribution in [-0.2, 0) is 4.79 Å². The summed E-state index contributed by atoms with van der Waals surface area (Å²) in [7, 11) is 0. The molecule has 1 heterocycles. The second-order valence-corrected chi connectivity index (χ2v) is 5.79. The van der Waals surface area contributed by atoms with Gasteiger partial charge in [0, 0.05) is 17.4 Å². The molecule has 0 bridgehead atoms. The first-order valence-electron chi connectivity index (χ1n) is 7.46. The number of aryl methyl sites for hydroxylation is 1. The van der Waals surface area contributed by atoms with Crippen LogP contribution in [0.3, 0.4) is 0 Å². The van der Waals surface area contributed by atoms with Gasteiger partial charge in [0.1, 0.15) is 0 Å².